The van der Waals surface area contributed by atoms with Gasteiger partial charge in [0.2, 0.25) is 0 Å². The third-order valence-corrected chi connectivity index (χ3v) is 23.7. The van der Waals surface area contributed by atoms with E-state index in [1.54, 1.807) is 3.59 Å². The van der Waals surface area contributed by atoms with Crippen LogP contribution in [0.4, 0.5) is 0 Å². The predicted molar refractivity (Wildman–Crippen MR) is 147 cm³/mol. The molecular weight excluding hydrogens is 531 g/mol. The van der Waals surface area contributed by atoms with E-state index in [-0.39, 0.29) is 12.3 Å². The van der Waals surface area contributed by atoms with Gasteiger partial charge in [0.15, 0.2) is 0 Å². The predicted octanol–water partition coefficient (Wildman–Crippen LogP) is 8.75. The molecule has 1 fully saturated rings. The summed E-state index contributed by atoms with van der Waals surface area (Å²) in [5.74, 6) is -0.123. The summed E-state index contributed by atoms with van der Waals surface area (Å²) in [4.78, 5) is 12.4. The van der Waals surface area contributed by atoms with Crippen LogP contribution >= 0.6 is 0 Å². The molecule has 0 N–H and O–H groups in total. The molecule has 1 aliphatic rings. The van der Waals surface area contributed by atoms with Gasteiger partial charge in [0, 0.05) is 6.61 Å². The molecule has 0 aromatic carbocycles. The minimum atomic E-state index is -2.57. The van der Waals surface area contributed by atoms with E-state index in [0.29, 0.717) is 0 Å². The topological polar surface area (TPSA) is 44.8 Å². The Labute approximate surface area is 215 Å². The average molecular weight is 587 g/mol. The van der Waals surface area contributed by atoms with Crippen molar-refractivity contribution in [2.45, 2.75) is 143 Å². The first-order chi connectivity index (χ1) is 16.6. The third kappa shape index (κ3) is 13.9. The number of methoxy groups -OCH3 is 1. The van der Waals surface area contributed by atoms with Gasteiger partial charge in [-0.25, -0.2) is 0 Å². The second-order valence-corrected chi connectivity index (χ2v) is 23.7. The smallest absolute Gasteiger partial charge is 0.0463 e. The van der Waals surface area contributed by atoms with Gasteiger partial charge in [0.25, 0.3) is 0 Å². The maximum atomic E-state index is 12.4. The molecule has 0 radical (unpaired) electrons. The number of carbonyl (C=O) groups is 1. The SMILES string of the molecule is CCC[CH2][Sn]([CH2]CCC)([CH2]CCC)/[C](=C/C(=O)OC)CCCCCCCCOC1CCCCO1. The normalized spacial score (nSPS) is 17.2. The van der Waals surface area contributed by atoms with Gasteiger partial charge in [-0.05, 0) is 12.8 Å². The van der Waals surface area contributed by atoms with Gasteiger partial charge in [-0.2, -0.15) is 0 Å². The Bertz CT molecular complexity index is 506. The fourth-order valence-corrected chi connectivity index (χ4v) is 22.2. The van der Waals surface area contributed by atoms with Crippen LogP contribution in [0.1, 0.15) is 124 Å². The molecule has 0 aromatic rings. The Morgan fingerprint density at radius 2 is 1.44 bits per heavy atom. The summed E-state index contributed by atoms with van der Waals surface area (Å²) in [6.07, 6.45) is 21.8. The summed E-state index contributed by atoms with van der Waals surface area (Å²) < 4.78 is 22.4. The first-order valence-corrected chi connectivity index (χ1v) is 22.1. The van der Waals surface area contributed by atoms with Crippen LogP contribution in [0.3, 0.4) is 0 Å². The van der Waals surface area contributed by atoms with E-state index >= 15 is 0 Å². The Morgan fingerprint density at radius 1 is 0.853 bits per heavy atom. The van der Waals surface area contributed by atoms with E-state index in [2.05, 4.69) is 20.8 Å². The number of hydrogen-bond donors (Lipinski definition) is 0. The summed E-state index contributed by atoms with van der Waals surface area (Å²) in [7, 11) is 1.53. The minimum absolute atomic E-state index is 0.0495. The fourth-order valence-electron chi connectivity index (χ4n) is 5.28. The van der Waals surface area contributed by atoms with Crippen LogP contribution in [0.15, 0.2) is 9.67 Å². The van der Waals surface area contributed by atoms with Crippen molar-refractivity contribution in [3.8, 4) is 0 Å². The molecule has 1 rings (SSSR count). The van der Waals surface area contributed by atoms with Crippen molar-refractivity contribution in [2.24, 2.45) is 0 Å². The van der Waals surface area contributed by atoms with Crippen LogP contribution in [0, 0.1) is 0 Å². The summed E-state index contributed by atoms with van der Waals surface area (Å²) in [5.41, 5.74) is 0. The van der Waals surface area contributed by atoms with Crippen LogP contribution in [-0.4, -0.2) is 51.0 Å². The monoisotopic (exact) mass is 588 g/mol. The summed E-state index contributed by atoms with van der Waals surface area (Å²) in [6.45, 7) is 8.63. The van der Waals surface area contributed by atoms with Gasteiger partial charge in [-0.1, -0.05) is 0 Å². The van der Waals surface area contributed by atoms with Gasteiger partial charge in [0.05, 0.1) is 0 Å². The van der Waals surface area contributed by atoms with Crippen molar-refractivity contribution >= 4 is 24.3 Å². The van der Waals surface area contributed by atoms with Crippen LogP contribution in [0.5, 0.6) is 0 Å². The average Bonchev–Trinajstić information content (AvgIpc) is 2.87. The number of hydrogen-bond acceptors (Lipinski definition) is 4. The van der Waals surface area contributed by atoms with E-state index in [1.165, 1.54) is 104 Å². The standard InChI is InChI=1S/C17H29O4.3C4H9.Sn/c1-19-16(18)12-8-6-4-2-3-5-7-10-14-20-17-13-9-11-15-21-17;3*1-3-4-2;/h12,17H,2-7,9-11,13-15H2,1H3;3*1,3-4H2,2H3;. The quantitative estimate of drug-likeness (QED) is 0.0583. The number of rotatable bonds is 21. The van der Waals surface area contributed by atoms with E-state index in [4.69, 9.17) is 14.2 Å². The molecule has 0 aromatic heterocycles. The van der Waals surface area contributed by atoms with Gasteiger partial charge in [0.1, 0.15) is 0 Å². The first-order valence-electron chi connectivity index (χ1n) is 14.6. The number of carbonyl (C=O) groups excluding carboxylic acids is 1. The van der Waals surface area contributed by atoms with E-state index in [1.807, 2.05) is 6.08 Å². The van der Waals surface area contributed by atoms with Crippen LogP contribution in [0.2, 0.25) is 13.3 Å². The Morgan fingerprint density at radius 3 is 1.97 bits per heavy atom. The molecule has 200 valence electrons. The van der Waals surface area contributed by atoms with E-state index in [0.717, 1.165) is 32.5 Å². The number of esters is 1. The Balaban J connectivity index is 2.53. The van der Waals surface area contributed by atoms with Crippen LogP contribution in [0.25, 0.3) is 0 Å². The van der Waals surface area contributed by atoms with Gasteiger partial charge < -0.3 is 0 Å². The second kappa shape index (κ2) is 21.1. The van der Waals surface area contributed by atoms with Crippen LogP contribution in [-0.2, 0) is 19.0 Å². The number of ether oxygens (including phenoxy) is 3. The molecule has 1 unspecified atom stereocenters. The van der Waals surface area contributed by atoms with Gasteiger partial charge >= 0.3 is 197 Å². The molecule has 1 atom stereocenters. The molecule has 0 aliphatic carbocycles. The van der Waals surface area contributed by atoms with Crippen molar-refractivity contribution < 1.29 is 19.0 Å². The minimum Gasteiger partial charge on any atom is -0.0463 e. The molecule has 34 heavy (non-hydrogen) atoms. The van der Waals surface area contributed by atoms with Crippen molar-refractivity contribution in [1.29, 1.82) is 0 Å². The zero-order valence-electron chi connectivity index (χ0n) is 23.1. The van der Waals surface area contributed by atoms with Crippen molar-refractivity contribution in [3.05, 3.63) is 9.67 Å². The molecule has 0 saturated carbocycles. The third-order valence-electron chi connectivity index (χ3n) is 7.48. The molecule has 1 saturated heterocycles. The summed E-state index contributed by atoms with van der Waals surface area (Å²) >= 11 is -2.57. The molecule has 1 aliphatic heterocycles. The van der Waals surface area contributed by atoms with E-state index < -0.39 is 18.4 Å². The number of unbranched alkanes of at least 4 members (excludes halogenated alkanes) is 8. The Hall–Kier alpha value is -0.0713. The molecule has 0 bridgehead atoms. The number of allylic oxidation sites excluding steroid dienone is 1. The van der Waals surface area contributed by atoms with Crippen molar-refractivity contribution in [1.82, 2.24) is 0 Å². The Kier molecular flexibility index (Phi) is 19.8. The van der Waals surface area contributed by atoms with Crippen LogP contribution < -0.4 is 0 Å². The first kappa shape index (κ1) is 32.0. The van der Waals surface area contributed by atoms with E-state index in [9.17, 15) is 4.79 Å². The molecule has 1 heterocycles. The molecule has 4 nitrogen and oxygen atoms in total. The maximum absolute atomic E-state index is 12.4. The second-order valence-electron chi connectivity index (χ2n) is 10.3. The van der Waals surface area contributed by atoms with Gasteiger partial charge in [-0.15, -0.1) is 0 Å². The summed E-state index contributed by atoms with van der Waals surface area (Å²) in [6, 6.07) is 0. The zero-order valence-corrected chi connectivity index (χ0v) is 26.0. The van der Waals surface area contributed by atoms with Crippen molar-refractivity contribution in [3.63, 3.8) is 0 Å². The molecule has 0 amide bonds. The molecular formula is C29H56O4Sn. The summed E-state index contributed by atoms with van der Waals surface area (Å²) in [5, 5.41) is 0. The molecule has 5 heteroatoms. The van der Waals surface area contributed by atoms with Gasteiger partial charge in [-0.3, -0.25) is 0 Å². The zero-order chi connectivity index (χ0) is 24.9. The fraction of sp³-hybridized carbons (Fsp3) is 0.897. The molecule has 0 spiro atoms. The van der Waals surface area contributed by atoms with Crippen molar-refractivity contribution in [2.75, 3.05) is 20.3 Å².